The number of hydrogen-bond acceptors (Lipinski definition) is 3. The second-order valence-electron chi connectivity index (χ2n) is 6.15. The lowest BCUT2D eigenvalue weighted by Gasteiger charge is -2.15. The van der Waals surface area contributed by atoms with Gasteiger partial charge in [-0.1, -0.05) is 41.4 Å². The molecule has 1 N–H and O–H groups in total. The molecule has 27 heavy (non-hydrogen) atoms. The van der Waals surface area contributed by atoms with Crippen LogP contribution in [0.3, 0.4) is 0 Å². The molecule has 5 nitrogen and oxygen atoms in total. The van der Waals surface area contributed by atoms with Gasteiger partial charge in [-0.15, -0.1) is 0 Å². The first-order valence-corrected chi connectivity index (χ1v) is 9.18. The molecule has 0 fully saturated rings. The fraction of sp³-hybridized carbons (Fsp3) is 0.200. The number of amides is 1. The molecule has 3 rings (SSSR count). The van der Waals surface area contributed by atoms with Crippen LogP contribution in [0, 0.1) is 6.92 Å². The van der Waals surface area contributed by atoms with Crippen LogP contribution < -0.4 is 10.1 Å². The van der Waals surface area contributed by atoms with Crippen molar-refractivity contribution >= 4 is 34.9 Å². The second-order valence-corrected chi connectivity index (χ2v) is 6.99. The summed E-state index contributed by atoms with van der Waals surface area (Å²) >= 11 is 12.1. The molecule has 1 aromatic heterocycles. The Morgan fingerprint density at radius 2 is 2.00 bits per heavy atom. The molecule has 1 atom stereocenters. The maximum atomic E-state index is 12.4. The monoisotopic (exact) mass is 403 g/mol. The van der Waals surface area contributed by atoms with E-state index in [1.165, 1.54) is 0 Å². The van der Waals surface area contributed by atoms with Crippen LogP contribution in [0.5, 0.6) is 5.75 Å². The van der Waals surface area contributed by atoms with E-state index < -0.39 is 6.10 Å². The van der Waals surface area contributed by atoms with Crippen molar-refractivity contribution in [2.45, 2.75) is 26.5 Å². The molecule has 0 saturated heterocycles. The normalized spacial score (nSPS) is 11.9. The van der Waals surface area contributed by atoms with E-state index in [4.69, 9.17) is 27.9 Å². The molecule has 1 amide bonds. The van der Waals surface area contributed by atoms with E-state index >= 15 is 0 Å². The molecule has 0 aliphatic rings. The van der Waals surface area contributed by atoms with E-state index in [0.29, 0.717) is 28.2 Å². The van der Waals surface area contributed by atoms with Crippen molar-refractivity contribution in [2.75, 3.05) is 5.32 Å². The molecule has 0 spiro atoms. The minimum atomic E-state index is -0.682. The summed E-state index contributed by atoms with van der Waals surface area (Å²) in [6.45, 7) is 4.08. The highest BCUT2D eigenvalue weighted by molar-refractivity contribution is 6.31. The Kier molecular flexibility index (Phi) is 6.04. The zero-order valence-electron chi connectivity index (χ0n) is 14.9. The van der Waals surface area contributed by atoms with Gasteiger partial charge in [0.05, 0.1) is 6.54 Å². The van der Waals surface area contributed by atoms with Crippen molar-refractivity contribution in [3.63, 3.8) is 0 Å². The smallest absolute Gasteiger partial charge is 0.266 e. The number of anilines is 1. The quantitative estimate of drug-likeness (QED) is 0.632. The molecule has 140 valence electrons. The summed E-state index contributed by atoms with van der Waals surface area (Å²) in [5, 5.41) is 8.42. The standard InChI is InChI=1S/C20H19Cl2N3O2/c1-13-11-16(21)7-8-18(13)27-14(2)20(26)23-19-9-10-25(24-19)12-15-5-3-4-6-17(15)22/h3-11,14H,12H2,1-2H3,(H,23,24,26)/t14-/m0/s1. The van der Waals surface area contributed by atoms with Gasteiger partial charge in [0.1, 0.15) is 5.75 Å². The van der Waals surface area contributed by atoms with Crippen LogP contribution in [0.25, 0.3) is 0 Å². The Morgan fingerprint density at radius 1 is 1.22 bits per heavy atom. The minimum Gasteiger partial charge on any atom is -0.481 e. The van der Waals surface area contributed by atoms with Gasteiger partial charge in [-0.05, 0) is 49.2 Å². The average Bonchev–Trinajstić information content (AvgIpc) is 3.06. The van der Waals surface area contributed by atoms with E-state index in [1.54, 1.807) is 42.1 Å². The number of nitrogens with one attached hydrogen (secondary N) is 1. The van der Waals surface area contributed by atoms with Crippen LogP contribution in [0.1, 0.15) is 18.1 Å². The van der Waals surface area contributed by atoms with Crippen LogP contribution in [0.4, 0.5) is 5.82 Å². The van der Waals surface area contributed by atoms with Crippen LogP contribution in [0.2, 0.25) is 10.0 Å². The number of ether oxygens (including phenoxy) is 1. The Bertz CT molecular complexity index is 956. The molecule has 0 unspecified atom stereocenters. The molecule has 0 radical (unpaired) electrons. The predicted octanol–water partition coefficient (Wildman–Crippen LogP) is 4.95. The van der Waals surface area contributed by atoms with Gasteiger partial charge in [-0.25, -0.2) is 0 Å². The molecule has 1 heterocycles. The van der Waals surface area contributed by atoms with Crippen molar-refractivity contribution in [1.29, 1.82) is 0 Å². The summed E-state index contributed by atoms with van der Waals surface area (Å²) in [7, 11) is 0. The lowest BCUT2D eigenvalue weighted by molar-refractivity contribution is -0.122. The molecule has 0 aliphatic carbocycles. The Balaban J connectivity index is 1.61. The fourth-order valence-corrected chi connectivity index (χ4v) is 2.96. The summed E-state index contributed by atoms with van der Waals surface area (Å²) in [6.07, 6.45) is 1.10. The maximum absolute atomic E-state index is 12.4. The lowest BCUT2D eigenvalue weighted by Crippen LogP contribution is -2.30. The molecule has 0 saturated carbocycles. The number of aromatic nitrogens is 2. The van der Waals surface area contributed by atoms with Gasteiger partial charge in [0, 0.05) is 22.3 Å². The highest BCUT2D eigenvalue weighted by Gasteiger charge is 2.17. The van der Waals surface area contributed by atoms with Crippen LogP contribution in [-0.2, 0) is 11.3 Å². The van der Waals surface area contributed by atoms with Crippen LogP contribution >= 0.6 is 23.2 Å². The number of benzene rings is 2. The summed E-state index contributed by atoms with van der Waals surface area (Å²) < 4.78 is 7.44. The highest BCUT2D eigenvalue weighted by Crippen LogP contribution is 2.23. The lowest BCUT2D eigenvalue weighted by atomic mass is 10.2. The van der Waals surface area contributed by atoms with Gasteiger partial charge < -0.3 is 10.1 Å². The van der Waals surface area contributed by atoms with Crippen molar-refractivity contribution in [3.05, 3.63) is 75.9 Å². The number of aryl methyl sites for hydroxylation is 1. The fourth-order valence-electron chi connectivity index (χ4n) is 2.53. The Labute approximate surface area is 167 Å². The average molecular weight is 404 g/mol. The van der Waals surface area contributed by atoms with Gasteiger partial charge in [0.25, 0.3) is 5.91 Å². The van der Waals surface area contributed by atoms with E-state index in [2.05, 4.69) is 10.4 Å². The van der Waals surface area contributed by atoms with Crippen molar-refractivity contribution in [3.8, 4) is 5.75 Å². The molecule has 7 heteroatoms. The minimum absolute atomic E-state index is 0.285. The van der Waals surface area contributed by atoms with Gasteiger partial charge >= 0.3 is 0 Å². The van der Waals surface area contributed by atoms with Gasteiger partial charge in [0.15, 0.2) is 11.9 Å². The van der Waals surface area contributed by atoms with E-state index in [0.717, 1.165) is 11.1 Å². The number of halogens is 2. The Hall–Kier alpha value is -2.50. The van der Waals surface area contributed by atoms with E-state index in [9.17, 15) is 4.79 Å². The third-order valence-electron chi connectivity index (χ3n) is 3.99. The molecule has 0 bridgehead atoms. The first-order valence-electron chi connectivity index (χ1n) is 8.43. The molecule has 3 aromatic rings. The topological polar surface area (TPSA) is 56.1 Å². The second kappa shape index (κ2) is 8.46. The summed E-state index contributed by atoms with van der Waals surface area (Å²) in [5.74, 6) is 0.786. The zero-order chi connectivity index (χ0) is 19.4. The van der Waals surface area contributed by atoms with Gasteiger partial charge in [-0.3, -0.25) is 9.48 Å². The number of nitrogens with zero attached hydrogens (tertiary/aromatic N) is 2. The predicted molar refractivity (Wildman–Crippen MR) is 108 cm³/mol. The number of carbonyl (C=O) groups is 1. The molecule has 0 aliphatic heterocycles. The van der Waals surface area contributed by atoms with Crippen molar-refractivity contribution < 1.29 is 9.53 Å². The zero-order valence-corrected chi connectivity index (χ0v) is 16.5. The molecule has 2 aromatic carbocycles. The summed E-state index contributed by atoms with van der Waals surface area (Å²) in [4.78, 5) is 12.4. The Morgan fingerprint density at radius 3 is 2.74 bits per heavy atom. The largest absolute Gasteiger partial charge is 0.481 e. The van der Waals surface area contributed by atoms with Crippen molar-refractivity contribution in [2.24, 2.45) is 0 Å². The molecular weight excluding hydrogens is 385 g/mol. The van der Waals surface area contributed by atoms with Gasteiger partial charge in [-0.2, -0.15) is 5.10 Å². The molecular formula is C20H19Cl2N3O2. The maximum Gasteiger partial charge on any atom is 0.266 e. The SMILES string of the molecule is Cc1cc(Cl)ccc1O[C@@H](C)C(=O)Nc1ccn(Cc2ccccc2Cl)n1. The van der Waals surface area contributed by atoms with Crippen LogP contribution in [-0.4, -0.2) is 21.8 Å². The number of rotatable bonds is 6. The van der Waals surface area contributed by atoms with E-state index in [-0.39, 0.29) is 5.91 Å². The van der Waals surface area contributed by atoms with Crippen molar-refractivity contribution in [1.82, 2.24) is 9.78 Å². The van der Waals surface area contributed by atoms with Crippen LogP contribution in [0.15, 0.2) is 54.7 Å². The van der Waals surface area contributed by atoms with E-state index in [1.807, 2.05) is 31.2 Å². The number of hydrogen-bond donors (Lipinski definition) is 1. The third-order valence-corrected chi connectivity index (χ3v) is 4.60. The van der Waals surface area contributed by atoms with Gasteiger partial charge in [0.2, 0.25) is 0 Å². The summed E-state index contributed by atoms with van der Waals surface area (Å²) in [5.41, 5.74) is 1.82. The number of carbonyl (C=O) groups excluding carboxylic acids is 1. The first kappa shape index (κ1) is 19.3. The first-order chi connectivity index (χ1) is 12.9. The third kappa shape index (κ3) is 5.02. The highest BCUT2D eigenvalue weighted by atomic mass is 35.5. The summed E-state index contributed by atoms with van der Waals surface area (Å²) in [6, 6.07) is 14.6.